The van der Waals surface area contributed by atoms with Crippen LogP contribution in [0.4, 0.5) is 4.39 Å². The zero-order chi connectivity index (χ0) is 15.1. The molecule has 1 aromatic carbocycles. The van der Waals surface area contributed by atoms with Gasteiger partial charge in [-0.05, 0) is 24.8 Å². The zero-order valence-electron chi connectivity index (χ0n) is 13.3. The normalized spacial score (nSPS) is 13.4. The van der Waals surface area contributed by atoms with Crippen LogP contribution >= 0.6 is 0 Å². The van der Waals surface area contributed by atoms with Crippen LogP contribution in [0.2, 0.25) is 0 Å². The summed E-state index contributed by atoms with van der Waals surface area (Å²) in [6, 6.07) is 7.42. The second-order valence-electron chi connectivity index (χ2n) is 5.83. The van der Waals surface area contributed by atoms with E-state index in [1.807, 2.05) is 12.1 Å². The maximum absolute atomic E-state index is 14.1. The van der Waals surface area contributed by atoms with Crippen LogP contribution in [0.1, 0.15) is 52.1 Å². The summed E-state index contributed by atoms with van der Waals surface area (Å²) >= 11 is 0. The number of rotatable bonds is 8. The molecule has 0 heterocycles. The second kappa shape index (κ2) is 8.38. The molecular formula is C17H29FN2. The molecule has 0 radical (unpaired) electrons. The zero-order valence-corrected chi connectivity index (χ0v) is 13.3. The monoisotopic (exact) mass is 280 g/mol. The SMILES string of the molecule is CCC(CC)N(CC(C)C)C(CN)c1ccccc1F. The summed E-state index contributed by atoms with van der Waals surface area (Å²) < 4.78 is 14.1. The van der Waals surface area contributed by atoms with E-state index in [9.17, 15) is 4.39 Å². The Morgan fingerprint density at radius 1 is 1.15 bits per heavy atom. The van der Waals surface area contributed by atoms with Gasteiger partial charge in [-0.25, -0.2) is 4.39 Å². The molecule has 2 nitrogen and oxygen atoms in total. The molecule has 0 aliphatic carbocycles. The first-order valence-corrected chi connectivity index (χ1v) is 7.75. The molecule has 3 heteroatoms. The van der Waals surface area contributed by atoms with Crippen LogP contribution in [0, 0.1) is 11.7 Å². The third kappa shape index (κ3) is 4.29. The Bertz CT molecular complexity index is 388. The Balaban J connectivity index is 3.10. The Labute approximate surface area is 123 Å². The Morgan fingerprint density at radius 3 is 2.20 bits per heavy atom. The largest absolute Gasteiger partial charge is 0.329 e. The van der Waals surface area contributed by atoms with E-state index in [4.69, 9.17) is 5.73 Å². The maximum atomic E-state index is 14.1. The van der Waals surface area contributed by atoms with E-state index in [0.717, 1.165) is 24.9 Å². The van der Waals surface area contributed by atoms with Crippen LogP contribution in [0.25, 0.3) is 0 Å². The van der Waals surface area contributed by atoms with Crippen molar-refractivity contribution in [1.82, 2.24) is 4.90 Å². The van der Waals surface area contributed by atoms with Crippen molar-refractivity contribution in [2.45, 2.75) is 52.6 Å². The molecule has 1 unspecified atom stereocenters. The van der Waals surface area contributed by atoms with Gasteiger partial charge < -0.3 is 5.73 Å². The fourth-order valence-corrected chi connectivity index (χ4v) is 2.90. The van der Waals surface area contributed by atoms with Gasteiger partial charge in [0, 0.05) is 24.7 Å². The first-order chi connectivity index (χ1) is 9.54. The highest BCUT2D eigenvalue weighted by Crippen LogP contribution is 2.27. The lowest BCUT2D eigenvalue weighted by molar-refractivity contribution is 0.110. The molecule has 1 aromatic rings. The van der Waals surface area contributed by atoms with E-state index in [1.54, 1.807) is 6.07 Å². The van der Waals surface area contributed by atoms with Gasteiger partial charge in [-0.15, -0.1) is 0 Å². The summed E-state index contributed by atoms with van der Waals surface area (Å²) in [6.45, 7) is 10.2. The quantitative estimate of drug-likeness (QED) is 0.780. The van der Waals surface area contributed by atoms with Gasteiger partial charge >= 0.3 is 0 Å². The molecule has 0 aliphatic rings. The fourth-order valence-electron chi connectivity index (χ4n) is 2.90. The molecule has 0 fully saturated rings. The van der Waals surface area contributed by atoms with E-state index < -0.39 is 0 Å². The molecule has 0 spiro atoms. The van der Waals surface area contributed by atoms with Crippen molar-refractivity contribution >= 4 is 0 Å². The van der Waals surface area contributed by atoms with Crippen LogP contribution in [-0.2, 0) is 0 Å². The third-order valence-electron chi connectivity index (χ3n) is 3.88. The summed E-state index contributed by atoms with van der Waals surface area (Å²) in [5.41, 5.74) is 6.71. The lowest BCUT2D eigenvalue weighted by atomic mass is 9.98. The highest BCUT2D eigenvalue weighted by Gasteiger charge is 2.27. The predicted molar refractivity (Wildman–Crippen MR) is 84.1 cm³/mol. The lowest BCUT2D eigenvalue weighted by Crippen LogP contribution is -2.43. The van der Waals surface area contributed by atoms with Crippen LogP contribution < -0.4 is 5.73 Å². The number of benzene rings is 1. The van der Waals surface area contributed by atoms with Gasteiger partial charge in [0.05, 0.1) is 6.04 Å². The topological polar surface area (TPSA) is 29.3 Å². The van der Waals surface area contributed by atoms with Crippen molar-refractivity contribution in [3.05, 3.63) is 35.6 Å². The van der Waals surface area contributed by atoms with Gasteiger partial charge in [0.1, 0.15) is 5.82 Å². The second-order valence-corrected chi connectivity index (χ2v) is 5.83. The van der Waals surface area contributed by atoms with E-state index in [1.165, 1.54) is 6.07 Å². The van der Waals surface area contributed by atoms with Crippen LogP contribution in [-0.4, -0.2) is 24.0 Å². The lowest BCUT2D eigenvalue weighted by Gasteiger charge is -2.38. The average molecular weight is 280 g/mol. The van der Waals surface area contributed by atoms with Gasteiger partial charge in [0.15, 0.2) is 0 Å². The first kappa shape index (κ1) is 17.1. The van der Waals surface area contributed by atoms with Crippen LogP contribution in [0.5, 0.6) is 0 Å². The number of nitrogens with two attached hydrogens (primary N) is 1. The molecule has 0 saturated heterocycles. The highest BCUT2D eigenvalue weighted by atomic mass is 19.1. The number of halogens is 1. The molecule has 114 valence electrons. The summed E-state index contributed by atoms with van der Waals surface area (Å²) in [5, 5.41) is 0. The van der Waals surface area contributed by atoms with Crippen molar-refractivity contribution < 1.29 is 4.39 Å². The number of nitrogens with zero attached hydrogens (tertiary/aromatic N) is 1. The van der Waals surface area contributed by atoms with E-state index in [0.29, 0.717) is 18.5 Å². The van der Waals surface area contributed by atoms with Gasteiger partial charge in [0.25, 0.3) is 0 Å². The Hall–Kier alpha value is -0.930. The Kier molecular flexibility index (Phi) is 7.17. The van der Waals surface area contributed by atoms with E-state index in [-0.39, 0.29) is 11.9 Å². The summed E-state index contributed by atoms with van der Waals surface area (Å²) in [4.78, 5) is 2.39. The van der Waals surface area contributed by atoms with Gasteiger partial charge in [-0.1, -0.05) is 45.9 Å². The summed E-state index contributed by atoms with van der Waals surface area (Å²) in [6.07, 6.45) is 2.13. The molecule has 0 saturated carbocycles. The minimum absolute atomic E-state index is 0.0384. The van der Waals surface area contributed by atoms with E-state index >= 15 is 0 Å². The van der Waals surface area contributed by atoms with Gasteiger partial charge in [-0.2, -0.15) is 0 Å². The molecule has 0 aliphatic heterocycles. The molecule has 2 N–H and O–H groups in total. The minimum Gasteiger partial charge on any atom is -0.329 e. The molecule has 1 rings (SSSR count). The highest BCUT2D eigenvalue weighted by molar-refractivity contribution is 5.22. The van der Waals surface area contributed by atoms with Crippen LogP contribution in [0.15, 0.2) is 24.3 Å². The van der Waals surface area contributed by atoms with Gasteiger partial charge in [-0.3, -0.25) is 4.90 Å². The molecular weight excluding hydrogens is 251 g/mol. The van der Waals surface area contributed by atoms with Crippen molar-refractivity contribution in [2.75, 3.05) is 13.1 Å². The predicted octanol–water partition coefficient (Wildman–Crippen LogP) is 3.97. The molecule has 0 bridgehead atoms. The fraction of sp³-hybridized carbons (Fsp3) is 0.647. The van der Waals surface area contributed by atoms with Crippen molar-refractivity contribution in [2.24, 2.45) is 11.7 Å². The van der Waals surface area contributed by atoms with Crippen molar-refractivity contribution in [3.8, 4) is 0 Å². The van der Waals surface area contributed by atoms with E-state index in [2.05, 4.69) is 32.6 Å². The number of hydrogen-bond donors (Lipinski definition) is 1. The van der Waals surface area contributed by atoms with Gasteiger partial charge in [0.2, 0.25) is 0 Å². The van der Waals surface area contributed by atoms with Crippen molar-refractivity contribution in [3.63, 3.8) is 0 Å². The van der Waals surface area contributed by atoms with Crippen LogP contribution in [0.3, 0.4) is 0 Å². The number of hydrogen-bond acceptors (Lipinski definition) is 2. The average Bonchev–Trinajstić information content (AvgIpc) is 2.42. The standard InChI is InChI=1S/C17H29FN2/c1-5-14(6-2)20(12-13(3)4)17(11-19)15-9-7-8-10-16(15)18/h7-10,13-14,17H,5-6,11-12,19H2,1-4H3. The summed E-state index contributed by atoms with van der Waals surface area (Å²) in [7, 11) is 0. The third-order valence-corrected chi connectivity index (χ3v) is 3.88. The molecule has 0 aromatic heterocycles. The molecule has 20 heavy (non-hydrogen) atoms. The summed E-state index contributed by atoms with van der Waals surface area (Å²) in [5.74, 6) is 0.388. The molecule has 0 amide bonds. The maximum Gasteiger partial charge on any atom is 0.128 e. The molecule has 1 atom stereocenters. The van der Waals surface area contributed by atoms with Crippen molar-refractivity contribution in [1.29, 1.82) is 0 Å². The minimum atomic E-state index is -0.150. The first-order valence-electron chi connectivity index (χ1n) is 7.75. The smallest absolute Gasteiger partial charge is 0.128 e. The Morgan fingerprint density at radius 2 is 1.75 bits per heavy atom.